The molecule has 0 heterocycles. The summed E-state index contributed by atoms with van der Waals surface area (Å²) in [5.41, 5.74) is 1.09. The van der Waals surface area contributed by atoms with E-state index in [1.165, 1.54) is 38.3 Å². The van der Waals surface area contributed by atoms with Gasteiger partial charge in [0.05, 0.1) is 0 Å². The van der Waals surface area contributed by atoms with Crippen LogP contribution in [0.5, 0.6) is 0 Å². The number of hydrogen-bond donors (Lipinski definition) is 2. The van der Waals surface area contributed by atoms with Gasteiger partial charge in [-0.05, 0) is 24.3 Å². The van der Waals surface area contributed by atoms with Crippen LogP contribution in [0.1, 0.15) is 46.0 Å². The molecular formula is C12H22N2. The van der Waals surface area contributed by atoms with Gasteiger partial charge < -0.3 is 10.7 Å². The molecule has 2 N–H and O–H groups in total. The molecule has 2 heteroatoms. The number of nitrogens with one attached hydrogen (secondary N) is 2. The Kier molecular flexibility index (Phi) is 4.71. The maximum absolute atomic E-state index is 7.27. The van der Waals surface area contributed by atoms with E-state index in [0.717, 1.165) is 5.57 Å². The van der Waals surface area contributed by atoms with E-state index >= 15 is 0 Å². The predicted molar refractivity (Wildman–Crippen MR) is 61.7 cm³/mol. The highest BCUT2D eigenvalue weighted by Gasteiger charge is 2.11. The van der Waals surface area contributed by atoms with Gasteiger partial charge in [-0.2, -0.15) is 0 Å². The molecule has 1 rings (SSSR count). The third-order valence-corrected chi connectivity index (χ3v) is 2.92. The summed E-state index contributed by atoms with van der Waals surface area (Å²) in [5, 5.41) is 10.7. The Hall–Kier alpha value is -0.790. The van der Waals surface area contributed by atoms with E-state index in [2.05, 4.69) is 19.2 Å². The fraction of sp³-hybridized carbons (Fsp3) is 0.750. The van der Waals surface area contributed by atoms with E-state index in [1.54, 1.807) is 0 Å². The van der Waals surface area contributed by atoms with E-state index in [9.17, 15) is 0 Å². The Bertz CT molecular complexity index is 200. The van der Waals surface area contributed by atoms with E-state index in [1.807, 2.05) is 6.20 Å². The molecule has 1 aliphatic carbocycles. The van der Waals surface area contributed by atoms with Gasteiger partial charge in [0, 0.05) is 18.5 Å². The van der Waals surface area contributed by atoms with Crippen molar-refractivity contribution >= 4 is 6.21 Å². The van der Waals surface area contributed by atoms with E-state index in [0.29, 0.717) is 12.0 Å². The van der Waals surface area contributed by atoms with Crippen molar-refractivity contribution in [1.82, 2.24) is 5.32 Å². The normalized spacial score (nSPS) is 19.8. The van der Waals surface area contributed by atoms with Gasteiger partial charge in [0.2, 0.25) is 0 Å². The smallest absolute Gasteiger partial charge is 0.0255 e. The molecule has 1 fully saturated rings. The molecule has 1 aliphatic rings. The van der Waals surface area contributed by atoms with Crippen LogP contribution in [-0.2, 0) is 0 Å². The van der Waals surface area contributed by atoms with Gasteiger partial charge in [-0.3, -0.25) is 0 Å². The first-order chi connectivity index (χ1) is 6.74. The summed E-state index contributed by atoms with van der Waals surface area (Å²) in [5.74, 6) is 0.448. The minimum atomic E-state index is 0.448. The summed E-state index contributed by atoms with van der Waals surface area (Å²) in [7, 11) is 0. The van der Waals surface area contributed by atoms with Crippen molar-refractivity contribution in [1.29, 1.82) is 5.41 Å². The second-order valence-electron chi connectivity index (χ2n) is 4.44. The second-order valence-corrected chi connectivity index (χ2v) is 4.44. The Morgan fingerprint density at radius 2 is 1.93 bits per heavy atom. The third kappa shape index (κ3) is 3.52. The SMILES string of the molecule is CC(C)/C(C=N)=C/NC1CCCCC1. The topological polar surface area (TPSA) is 35.9 Å². The van der Waals surface area contributed by atoms with Crippen LogP contribution in [0.4, 0.5) is 0 Å². The van der Waals surface area contributed by atoms with E-state index in [-0.39, 0.29) is 0 Å². The van der Waals surface area contributed by atoms with Gasteiger partial charge in [0.1, 0.15) is 0 Å². The molecule has 0 aromatic carbocycles. The van der Waals surface area contributed by atoms with Crippen LogP contribution in [0, 0.1) is 11.3 Å². The summed E-state index contributed by atoms with van der Waals surface area (Å²) < 4.78 is 0. The van der Waals surface area contributed by atoms with Crippen molar-refractivity contribution in [2.24, 2.45) is 5.92 Å². The molecule has 0 saturated heterocycles. The second kappa shape index (κ2) is 5.84. The summed E-state index contributed by atoms with van der Waals surface area (Å²) >= 11 is 0. The highest BCUT2D eigenvalue weighted by molar-refractivity contribution is 5.75. The van der Waals surface area contributed by atoms with Gasteiger partial charge in [-0.1, -0.05) is 33.1 Å². The zero-order valence-electron chi connectivity index (χ0n) is 9.34. The number of allylic oxidation sites excluding steroid dienone is 1. The summed E-state index contributed by atoms with van der Waals surface area (Å²) in [4.78, 5) is 0. The van der Waals surface area contributed by atoms with Gasteiger partial charge >= 0.3 is 0 Å². The molecule has 0 radical (unpaired) electrons. The molecule has 0 aliphatic heterocycles. The highest BCUT2D eigenvalue weighted by atomic mass is 14.9. The molecule has 0 bridgehead atoms. The number of rotatable bonds is 4. The minimum Gasteiger partial charge on any atom is -0.388 e. The van der Waals surface area contributed by atoms with Crippen LogP contribution >= 0.6 is 0 Å². The fourth-order valence-corrected chi connectivity index (χ4v) is 1.86. The lowest BCUT2D eigenvalue weighted by Gasteiger charge is -2.22. The minimum absolute atomic E-state index is 0.448. The van der Waals surface area contributed by atoms with Crippen LogP contribution in [-0.4, -0.2) is 12.3 Å². The molecule has 0 spiro atoms. The van der Waals surface area contributed by atoms with E-state index < -0.39 is 0 Å². The first kappa shape index (κ1) is 11.3. The van der Waals surface area contributed by atoms with E-state index in [4.69, 9.17) is 5.41 Å². The molecule has 14 heavy (non-hydrogen) atoms. The van der Waals surface area contributed by atoms with Gasteiger partial charge in [-0.15, -0.1) is 0 Å². The maximum Gasteiger partial charge on any atom is 0.0255 e. The summed E-state index contributed by atoms with van der Waals surface area (Å²) in [6, 6.07) is 0.650. The Morgan fingerprint density at radius 3 is 2.43 bits per heavy atom. The van der Waals surface area contributed by atoms with Crippen molar-refractivity contribution in [2.75, 3.05) is 0 Å². The van der Waals surface area contributed by atoms with Crippen LogP contribution < -0.4 is 5.32 Å². The van der Waals surface area contributed by atoms with Gasteiger partial charge in [-0.25, -0.2) is 0 Å². The zero-order chi connectivity index (χ0) is 10.4. The van der Waals surface area contributed by atoms with Crippen LogP contribution in [0.15, 0.2) is 11.8 Å². The highest BCUT2D eigenvalue weighted by Crippen LogP contribution is 2.17. The van der Waals surface area contributed by atoms with Crippen molar-refractivity contribution in [3.63, 3.8) is 0 Å². The zero-order valence-corrected chi connectivity index (χ0v) is 9.34. The molecule has 0 atom stereocenters. The summed E-state index contributed by atoms with van der Waals surface area (Å²) in [6.07, 6.45) is 10.2. The lowest BCUT2D eigenvalue weighted by molar-refractivity contribution is 0.403. The fourth-order valence-electron chi connectivity index (χ4n) is 1.86. The largest absolute Gasteiger partial charge is 0.388 e. The molecular weight excluding hydrogens is 172 g/mol. The standard InChI is InChI=1S/C12H22N2/c1-10(2)11(8-13)9-14-12-6-4-3-5-7-12/h8-10,12-14H,3-7H2,1-2H3/b11-9+,13-8?. The Labute approximate surface area is 87.3 Å². The van der Waals surface area contributed by atoms with Gasteiger partial charge in [0.15, 0.2) is 0 Å². The van der Waals surface area contributed by atoms with Crippen LogP contribution in [0.3, 0.4) is 0 Å². The first-order valence-corrected chi connectivity index (χ1v) is 5.70. The van der Waals surface area contributed by atoms with Crippen molar-refractivity contribution in [3.05, 3.63) is 11.8 Å². The van der Waals surface area contributed by atoms with Gasteiger partial charge in [0.25, 0.3) is 0 Å². The van der Waals surface area contributed by atoms with Crippen molar-refractivity contribution in [3.8, 4) is 0 Å². The molecule has 1 saturated carbocycles. The van der Waals surface area contributed by atoms with Crippen molar-refractivity contribution < 1.29 is 0 Å². The molecule has 2 nitrogen and oxygen atoms in total. The van der Waals surface area contributed by atoms with Crippen LogP contribution in [0.25, 0.3) is 0 Å². The average molecular weight is 194 g/mol. The lowest BCUT2D eigenvalue weighted by Crippen LogP contribution is -2.27. The monoisotopic (exact) mass is 194 g/mol. The number of hydrogen-bond acceptors (Lipinski definition) is 2. The lowest BCUT2D eigenvalue weighted by atomic mass is 9.95. The third-order valence-electron chi connectivity index (χ3n) is 2.92. The molecule has 0 unspecified atom stereocenters. The molecule has 0 aromatic rings. The van der Waals surface area contributed by atoms with Crippen molar-refractivity contribution in [2.45, 2.75) is 52.0 Å². The first-order valence-electron chi connectivity index (χ1n) is 5.70. The quantitative estimate of drug-likeness (QED) is 0.663. The predicted octanol–water partition coefficient (Wildman–Crippen LogP) is 3.10. The molecule has 0 aromatic heterocycles. The Balaban J connectivity index is 2.38. The van der Waals surface area contributed by atoms with Crippen LogP contribution in [0.2, 0.25) is 0 Å². The maximum atomic E-state index is 7.27. The average Bonchev–Trinajstić information content (AvgIpc) is 2.20. The Morgan fingerprint density at radius 1 is 1.29 bits per heavy atom. The molecule has 0 amide bonds. The summed E-state index contributed by atoms with van der Waals surface area (Å²) in [6.45, 7) is 4.25. The molecule has 80 valence electrons.